The Hall–Kier alpha value is -0.840. The van der Waals surface area contributed by atoms with Crippen LogP contribution in [0.5, 0.6) is 5.75 Å². The summed E-state index contributed by atoms with van der Waals surface area (Å²) < 4.78 is 5.43. The summed E-state index contributed by atoms with van der Waals surface area (Å²) in [5, 5.41) is 11.3. The number of nitrogens with zero attached hydrogens (tertiary/aromatic N) is 1. The molecule has 2 atom stereocenters. The van der Waals surface area contributed by atoms with Gasteiger partial charge in [-0.2, -0.15) is 0 Å². The standard InChI is InChI=1S/C16H19BrClNO2/c1-9(2)15(17)16(20)14-10-5-4-6-13(18)19-11(10)7-8-12(14)21-3/h4-5,7-9,15-16,20H,6H2,1-3H3. The molecule has 3 nitrogen and oxygen atoms in total. The van der Waals surface area contributed by atoms with Crippen LogP contribution in [0.25, 0.3) is 6.08 Å². The summed E-state index contributed by atoms with van der Waals surface area (Å²) in [5.41, 5.74) is 2.37. The summed E-state index contributed by atoms with van der Waals surface area (Å²) in [6, 6.07) is 3.69. The number of fused-ring (bicyclic) bond motifs is 1. The minimum absolute atomic E-state index is 0.0750. The number of ether oxygens (including phenoxy) is 1. The molecule has 1 aliphatic heterocycles. The molecule has 0 aliphatic carbocycles. The number of benzene rings is 1. The lowest BCUT2D eigenvalue weighted by atomic mass is 9.93. The molecule has 2 rings (SSSR count). The fourth-order valence-corrected chi connectivity index (χ4v) is 2.78. The molecule has 1 N–H and O–H groups in total. The van der Waals surface area contributed by atoms with E-state index in [4.69, 9.17) is 16.3 Å². The highest BCUT2D eigenvalue weighted by molar-refractivity contribution is 9.09. The Morgan fingerprint density at radius 1 is 1.38 bits per heavy atom. The number of hydrogen-bond acceptors (Lipinski definition) is 3. The van der Waals surface area contributed by atoms with Crippen molar-refractivity contribution in [2.75, 3.05) is 7.11 Å². The molecule has 5 heteroatoms. The fraction of sp³-hybridized carbons (Fsp3) is 0.438. The highest BCUT2D eigenvalue weighted by atomic mass is 79.9. The Morgan fingerprint density at radius 2 is 2.10 bits per heavy atom. The molecule has 1 aromatic rings. The van der Waals surface area contributed by atoms with Crippen LogP contribution < -0.4 is 4.74 Å². The maximum Gasteiger partial charge on any atom is 0.125 e. The third-order valence-electron chi connectivity index (χ3n) is 3.49. The SMILES string of the molecule is COc1ccc2c(c1C(O)C(Br)C(C)C)C=CCC(Cl)=N2. The fourth-order valence-electron chi connectivity index (χ4n) is 2.33. The van der Waals surface area contributed by atoms with Crippen molar-refractivity contribution < 1.29 is 9.84 Å². The first-order chi connectivity index (χ1) is 9.95. The third kappa shape index (κ3) is 3.50. The Bertz CT molecular complexity index is 584. The number of alkyl halides is 1. The number of aliphatic imine (C=N–C) groups is 1. The monoisotopic (exact) mass is 371 g/mol. The second-order valence-electron chi connectivity index (χ2n) is 5.34. The largest absolute Gasteiger partial charge is 0.496 e. The van der Waals surface area contributed by atoms with Gasteiger partial charge < -0.3 is 9.84 Å². The maximum absolute atomic E-state index is 10.7. The van der Waals surface area contributed by atoms with Gasteiger partial charge in [-0.1, -0.05) is 53.5 Å². The molecule has 1 heterocycles. The van der Waals surface area contributed by atoms with Crippen LogP contribution >= 0.6 is 27.5 Å². The van der Waals surface area contributed by atoms with E-state index in [0.29, 0.717) is 17.3 Å². The summed E-state index contributed by atoms with van der Waals surface area (Å²) in [6.45, 7) is 4.11. The number of aliphatic hydroxyl groups excluding tert-OH is 1. The van der Waals surface area contributed by atoms with E-state index in [9.17, 15) is 5.11 Å². The van der Waals surface area contributed by atoms with Gasteiger partial charge in [-0.05, 0) is 18.1 Å². The zero-order valence-corrected chi connectivity index (χ0v) is 14.6. The van der Waals surface area contributed by atoms with Crippen LogP contribution in [0.4, 0.5) is 5.69 Å². The van der Waals surface area contributed by atoms with Gasteiger partial charge in [0.2, 0.25) is 0 Å². The first-order valence-electron chi connectivity index (χ1n) is 6.88. The van der Waals surface area contributed by atoms with Gasteiger partial charge in [0.25, 0.3) is 0 Å². The van der Waals surface area contributed by atoms with Crippen LogP contribution in [0.2, 0.25) is 0 Å². The molecular weight excluding hydrogens is 354 g/mol. The van der Waals surface area contributed by atoms with E-state index in [1.165, 1.54) is 0 Å². The van der Waals surface area contributed by atoms with Gasteiger partial charge in [-0.25, -0.2) is 4.99 Å². The van der Waals surface area contributed by atoms with E-state index in [1.54, 1.807) is 7.11 Å². The molecule has 1 aliphatic rings. The lowest BCUT2D eigenvalue weighted by Gasteiger charge is -2.25. The minimum Gasteiger partial charge on any atom is -0.496 e. The molecule has 21 heavy (non-hydrogen) atoms. The lowest BCUT2D eigenvalue weighted by Crippen LogP contribution is -2.19. The van der Waals surface area contributed by atoms with E-state index >= 15 is 0 Å². The topological polar surface area (TPSA) is 41.8 Å². The quantitative estimate of drug-likeness (QED) is 0.769. The predicted molar refractivity (Wildman–Crippen MR) is 92.1 cm³/mol. The van der Waals surface area contributed by atoms with Crippen molar-refractivity contribution in [3.8, 4) is 5.75 Å². The molecule has 0 bridgehead atoms. The number of rotatable bonds is 4. The number of methoxy groups -OCH3 is 1. The molecule has 0 fully saturated rings. The van der Waals surface area contributed by atoms with Crippen molar-refractivity contribution in [1.29, 1.82) is 0 Å². The number of aliphatic hydroxyl groups is 1. The molecule has 0 saturated carbocycles. The van der Waals surface area contributed by atoms with Crippen LogP contribution in [-0.4, -0.2) is 22.2 Å². The van der Waals surface area contributed by atoms with Gasteiger partial charge in [-0.15, -0.1) is 0 Å². The Kier molecular flexibility index (Phi) is 5.47. The molecule has 114 valence electrons. The van der Waals surface area contributed by atoms with E-state index in [1.807, 2.05) is 24.3 Å². The molecular formula is C16H19BrClNO2. The smallest absolute Gasteiger partial charge is 0.125 e. The van der Waals surface area contributed by atoms with Crippen LogP contribution in [0, 0.1) is 5.92 Å². The maximum atomic E-state index is 10.7. The van der Waals surface area contributed by atoms with Crippen molar-refractivity contribution in [3.05, 3.63) is 29.3 Å². The van der Waals surface area contributed by atoms with Crippen molar-refractivity contribution >= 4 is 44.5 Å². The first-order valence-corrected chi connectivity index (χ1v) is 8.17. The second-order valence-corrected chi connectivity index (χ2v) is 6.84. The molecule has 0 spiro atoms. The Balaban J connectivity index is 2.61. The zero-order valence-electron chi connectivity index (χ0n) is 12.3. The van der Waals surface area contributed by atoms with Gasteiger partial charge in [0, 0.05) is 22.4 Å². The summed E-state index contributed by atoms with van der Waals surface area (Å²) in [7, 11) is 1.60. The lowest BCUT2D eigenvalue weighted by molar-refractivity contribution is 0.157. The first kappa shape index (κ1) is 16.5. The normalized spacial score (nSPS) is 17.0. The minimum atomic E-state index is -0.688. The molecule has 0 amide bonds. The molecule has 0 aromatic heterocycles. The Labute approximate surface area is 138 Å². The van der Waals surface area contributed by atoms with Crippen molar-refractivity contribution in [2.45, 2.75) is 31.2 Å². The van der Waals surface area contributed by atoms with Gasteiger partial charge in [0.15, 0.2) is 0 Å². The number of halogens is 2. The highest BCUT2D eigenvalue weighted by Crippen LogP contribution is 2.41. The van der Waals surface area contributed by atoms with Crippen molar-refractivity contribution in [3.63, 3.8) is 0 Å². The van der Waals surface area contributed by atoms with Crippen LogP contribution in [-0.2, 0) is 0 Å². The summed E-state index contributed by atoms with van der Waals surface area (Å²) >= 11 is 9.64. The molecule has 0 radical (unpaired) electrons. The highest BCUT2D eigenvalue weighted by Gasteiger charge is 2.27. The number of hydrogen-bond donors (Lipinski definition) is 1. The molecule has 2 unspecified atom stereocenters. The predicted octanol–water partition coefficient (Wildman–Crippen LogP) is 4.83. The van der Waals surface area contributed by atoms with E-state index in [-0.39, 0.29) is 10.7 Å². The van der Waals surface area contributed by atoms with E-state index in [2.05, 4.69) is 34.8 Å². The summed E-state index contributed by atoms with van der Waals surface area (Å²) in [5.74, 6) is 0.937. The summed E-state index contributed by atoms with van der Waals surface area (Å²) in [6.07, 6.45) is 3.81. The number of allylic oxidation sites excluding steroid dienone is 1. The average Bonchev–Trinajstić information content (AvgIpc) is 2.64. The third-order valence-corrected chi connectivity index (χ3v) is 5.29. The van der Waals surface area contributed by atoms with Crippen LogP contribution in [0.1, 0.15) is 37.5 Å². The van der Waals surface area contributed by atoms with E-state index < -0.39 is 6.10 Å². The van der Waals surface area contributed by atoms with Gasteiger partial charge in [0.05, 0.1) is 18.9 Å². The van der Waals surface area contributed by atoms with E-state index in [0.717, 1.165) is 16.8 Å². The Morgan fingerprint density at radius 3 is 2.71 bits per heavy atom. The van der Waals surface area contributed by atoms with Crippen molar-refractivity contribution in [1.82, 2.24) is 0 Å². The summed E-state index contributed by atoms with van der Waals surface area (Å²) in [4.78, 5) is 4.32. The molecule has 0 saturated heterocycles. The average molecular weight is 373 g/mol. The van der Waals surface area contributed by atoms with Crippen molar-refractivity contribution in [2.24, 2.45) is 10.9 Å². The van der Waals surface area contributed by atoms with Gasteiger partial charge >= 0.3 is 0 Å². The van der Waals surface area contributed by atoms with Crippen LogP contribution in [0.3, 0.4) is 0 Å². The van der Waals surface area contributed by atoms with Crippen LogP contribution in [0.15, 0.2) is 23.2 Å². The second kappa shape index (κ2) is 6.95. The van der Waals surface area contributed by atoms with Gasteiger partial charge in [0.1, 0.15) is 10.9 Å². The zero-order chi connectivity index (χ0) is 15.6. The van der Waals surface area contributed by atoms with Gasteiger partial charge in [-0.3, -0.25) is 0 Å². The molecule has 1 aromatic carbocycles.